The van der Waals surface area contributed by atoms with Gasteiger partial charge < -0.3 is 4.74 Å². The molecule has 0 bridgehead atoms. The second-order valence-electron chi connectivity index (χ2n) is 5.59. The molecule has 1 aliphatic carbocycles. The van der Waals surface area contributed by atoms with Crippen molar-refractivity contribution in [1.29, 1.82) is 0 Å². The molecule has 0 unspecified atom stereocenters. The van der Waals surface area contributed by atoms with Gasteiger partial charge in [-0.25, -0.2) is 0 Å². The number of aryl methyl sites for hydroxylation is 1. The molecule has 1 saturated heterocycles. The summed E-state index contributed by atoms with van der Waals surface area (Å²) in [7, 11) is 3.73. The molecule has 0 aromatic carbocycles. The van der Waals surface area contributed by atoms with Crippen LogP contribution in [0.2, 0.25) is 0 Å². The maximum Gasteiger partial charge on any atom is 0.0897 e. The van der Waals surface area contributed by atoms with Crippen LogP contribution in [0, 0.1) is 0 Å². The normalized spacial score (nSPS) is 30.3. The van der Waals surface area contributed by atoms with Gasteiger partial charge in [0.05, 0.1) is 11.8 Å². The van der Waals surface area contributed by atoms with Crippen LogP contribution in [-0.2, 0) is 11.8 Å². The summed E-state index contributed by atoms with van der Waals surface area (Å²) in [6.07, 6.45) is 7.76. The van der Waals surface area contributed by atoms with Gasteiger partial charge in [0.15, 0.2) is 0 Å². The van der Waals surface area contributed by atoms with E-state index >= 15 is 0 Å². The molecule has 100 valence electrons. The first kappa shape index (κ1) is 12.1. The molecule has 1 saturated carbocycles. The monoisotopic (exact) mass is 250 g/mol. The summed E-state index contributed by atoms with van der Waals surface area (Å²) in [4.78, 5) is 2.60. The third-order valence-electron chi connectivity index (χ3n) is 4.44. The highest BCUT2D eigenvalue weighted by molar-refractivity contribution is 5.10. The third-order valence-corrected chi connectivity index (χ3v) is 4.44. The van der Waals surface area contributed by atoms with Gasteiger partial charge in [-0.3, -0.25) is 9.58 Å². The molecular weight excluding hydrogens is 228 g/mol. The van der Waals surface area contributed by atoms with Crippen molar-refractivity contribution in [2.24, 2.45) is 7.05 Å². The van der Waals surface area contributed by atoms with Crippen LogP contribution >= 0.6 is 0 Å². The fraction of sp³-hybridized carbons (Fsp3) is 0.846. The number of hydrogen-bond acceptors (Lipinski definition) is 4. The van der Waals surface area contributed by atoms with Crippen LogP contribution in [-0.4, -0.2) is 52.2 Å². The van der Waals surface area contributed by atoms with Crippen LogP contribution in [0.5, 0.6) is 0 Å². The van der Waals surface area contributed by atoms with E-state index in [0.29, 0.717) is 5.92 Å². The highest BCUT2D eigenvalue weighted by Crippen LogP contribution is 2.33. The van der Waals surface area contributed by atoms with E-state index in [1.807, 2.05) is 20.4 Å². The molecule has 18 heavy (non-hydrogen) atoms. The van der Waals surface area contributed by atoms with E-state index in [1.165, 1.54) is 25.7 Å². The van der Waals surface area contributed by atoms with Crippen LogP contribution in [0.1, 0.15) is 37.3 Å². The fourth-order valence-electron chi connectivity index (χ4n) is 3.43. The lowest BCUT2D eigenvalue weighted by Crippen LogP contribution is -2.32. The molecule has 2 aliphatic rings. The molecule has 0 N–H and O–H groups in total. The Balaban J connectivity index is 1.73. The molecular formula is C13H22N4O. The number of rotatable bonds is 3. The van der Waals surface area contributed by atoms with Crippen molar-refractivity contribution >= 4 is 0 Å². The highest BCUT2D eigenvalue weighted by atomic mass is 16.5. The van der Waals surface area contributed by atoms with Gasteiger partial charge >= 0.3 is 0 Å². The smallest absolute Gasteiger partial charge is 0.0897 e. The van der Waals surface area contributed by atoms with Gasteiger partial charge in [0, 0.05) is 45.4 Å². The fourth-order valence-corrected chi connectivity index (χ4v) is 3.43. The molecule has 2 fully saturated rings. The molecule has 0 spiro atoms. The molecule has 5 heteroatoms. The summed E-state index contributed by atoms with van der Waals surface area (Å²) >= 11 is 0. The standard InChI is InChI=1S/C13H22N4O/c1-16-8-12(14-15-16)11-7-17(9-13(11)18-2)10-5-3-4-6-10/h8,10-11,13H,3-7,9H2,1-2H3/t11-,13+/m0/s1. The second kappa shape index (κ2) is 4.97. The van der Waals surface area contributed by atoms with Crippen molar-refractivity contribution in [2.75, 3.05) is 20.2 Å². The molecule has 0 amide bonds. The van der Waals surface area contributed by atoms with Crippen molar-refractivity contribution < 1.29 is 4.74 Å². The Kier molecular flexibility index (Phi) is 3.35. The van der Waals surface area contributed by atoms with E-state index in [9.17, 15) is 0 Å². The van der Waals surface area contributed by atoms with E-state index < -0.39 is 0 Å². The molecule has 5 nitrogen and oxygen atoms in total. The number of methoxy groups -OCH3 is 1. The molecule has 3 rings (SSSR count). The zero-order valence-corrected chi connectivity index (χ0v) is 11.2. The van der Waals surface area contributed by atoms with Crippen molar-refractivity contribution in [3.63, 3.8) is 0 Å². The Morgan fingerprint density at radius 2 is 2.06 bits per heavy atom. The Morgan fingerprint density at radius 3 is 2.67 bits per heavy atom. The Labute approximate surface area is 108 Å². The Hall–Kier alpha value is -0.940. The second-order valence-corrected chi connectivity index (χ2v) is 5.59. The van der Waals surface area contributed by atoms with Gasteiger partial charge in [-0.1, -0.05) is 18.1 Å². The van der Waals surface area contributed by atoms with E-state index in [4.69, 9.17) is 4.74 Å². The molecule has 1 aliphatic heterocycles. The van der Waals surface area contributed by atoms with Gasteiger partial charge in [0.1, 0.15) is 0 Å². The van der Waals surface area contributed by atoms with E-state index in [1.54, 1.807) is 4.68 Å². The van der Waals surface area contributed by atoms with Crippen LogP contribution in [0.25, 0.3) is 0 Å². The van der Waals surface area contributed by atoms with E-state index in [-0.39, 0.29) is 6.10 Å². The van der Waals surface area contributed by atoms with Gasteiger partial charge in [-0.05, 0) is 12.8 Å². The lowest BCUT2D eigenvalue weighted by Gasteiger charge is -2.23. The maximum absolute atomic E-state index is 5.66. The topological polar surface area (TPSA) is 43.2 Å². The number of hydrogen-bond donors (Lipinski definition) is 0. The summed E-state index contributed by atoms with van der Waals surface area (Å²) in [5, 5.41) is 8.31. The van der Waals surface area contributed by atoms with Gasteiger partial charge in [-0.2, -0.15) is 0 Å². The van der Waals surface area contributed by atoms with Crippen molar-refractivity contribution in [3.8, 4) is 0 Å². The first-order valence-corrected chi connectivity index (χ1v) is 6.91. The van der Waals surface area contributed by atoms with Crippen molar-refractivity contribution in [1.82, 2.24) is 19.9 Å². The molecule has 2 heterocycles. The first-order chi connectivity index (χ1) is 8.78. The Morgan fingerprint density at radius 1 is 1.28 bits per heavy atom. The van der Waals surface area contributed by atoms with E-state index in [0.717, 1.165) is 24.8 Å². The summed E-state index contributed by atoms with van der Waals surface area (Å²) in [5.41, 5.74) is 1.07. The van der Waals surface area contributed by atoms with Gasteiger partial charge in [-0.15, -0.1) is 5.10 Å². The molecule has 2 atom stereocenters. The number of nitrogens with zero attached hydrogens (tertiary/aromatic N) is 4. The van der Waals surface area contributed by atoms with Gasteiger partial charge in [0.2, 0.25) is 0 Å². The van der Waals surface area contributed by atoms with Crippen LogP contribution in [0.3, 0.4) is 0 Å². The quantitative estimate of drug-likeness (QED) is 0.808. The highest BCUT2D eigenvalue weighted by Gasteiger charge is 2.39. The number of aromatic nitrogens is 3. The summed E-state index contributed by atoms with van der Waals surface area (Å²) in [6.45, 7) is 2.12. The summed E-state index contributed by atoms with van der Waals surface area (Å²) in [6, 6.07) is 0.768. The minimum absolute atomic E-state index is 0.266. The van der Waals surface area contributed by atoms with Crippen LogP contribution in [0.4, 0.5) is 0 Å². The molecule has 1 aromatic rings. The number of likely N-dealkylation sites (tertiary alicyclic amines) is 1. The maximum atomic E-state index is 5.66. The predicted octanol–water partition coefficient (Wildman–Crippen LogP) is 1.17. The average Bonchev–Trinajstić information content (AvgIpc) is 3.07. The first-order valence-electron chi connectivity index (χ1n) is 6.91. The van der Waals surface area contributed by atoms with Crippen molar-refractivity contribution in [2.45, 2.75) is 43.7 Å². The zero-order chi connectivity index (χ0) is 12.5. The zero-order valence-electron chi connectivity index (χ0n) is 11.2. The average molecular weight is 250 g/mol. The lowest BCUT2D eigenvalue weighted by molar-refractivity contribution is 0.0916. The predicted molar refractivity (Wildman–Crippen MR) is 68.4 cm³/mol. The van der Waals surface area contributed by atoms with Crippen LogP contribution in [0.15, 0.2) is 6.20 Å². The largest absolute Gasteiger partial charge is 0.379 e. The minimum atomic E-state index is 0.266. The van der Waals surface area contributed by atoms with E-state index in [2.05, 4.69) is 15.2 Å². The van der Waals surface area contributed by atoms with Crippen LogP contribution < -0.4 is 0 Å². The minimum Gasteiger partial charge on any atom is -0.379 e. The Bertz CT molecular complexity index is 399. The summed E-state index contributed by atoms with van der Waals surface area (Å²) < 4.78 is 7.44. The lowest BCUT2D eigenvalue weighted by atomic mass is 10.0. The third kappa shape index (κ3) is 2.17. The molecule has 1 aromatic heterocycles. The SMILES string of the molecule is CO[C@@H]1CN(C2CCCC2)C[C@H]1c1cn(C)nn1. The van der Waals surface area contributed by atoms with Gasteiger partial charge in [0.25, 0.3) is 0 Å². The van der Waals surface area contributed by atoms with Crippen molar-refractivity contribution in [3.05, 3.63) is 11.9 Å². The molecule has 0 radical (unpaired) electrons. The number of ether oxygens (including phenoxy) is 1. The summed E-state index contributed by atoms with van der Waals surface area (Å²) in [5.74, 6) is 0.379.